The van der Waals surface area contributed by atoms with E-state index in [4.69, 9.17) is 0 Å². The molecule has 2 aromatic rings. The fourth-order valence-corrected chi connectivity index (χ4v) is 4.38. The molecule has 0 aliphatic carbocycles. The van der Waals surface area contributed by atoms with Crippen molar-refractivity contribution in [3.05, 3.63) is 77.9 Å². The summed E-state index contributed by atoms with van der Waals surface area (Å²) in [5.41, 5.74) is 2.27. The largest absolute Gasteiger partial charge is 0.341 e. The summed E-state index contributed by atoms with van der Waals surface area (Å²) in [7, 11) is 5.77. The maximum atomic E-state index is 12.8. The van der Waals surface area contributed by atoms with Crippen LogP contribution < -0.4 is 0 Å². The summed E-state index contributed by atoms with van der Waals surface area (Å²) >= 11 is 0. The summed E-state index contributed by atoms with van der Waals surface area (Å²) in [5.74, 6) is 0.567. The molecule has 170 valence electrons. The van der Waals surface area contributed by atoms with Crippen LogP contribution in [0.25, 0.3) is 6.08 Å². The molecule has 1 heterocycles. The zero-order chi connectivity index (χ0) is 22.9. The third-order valence-electron chi connectivity index (χ3n) is 6.24. The van der Waals surface area contributed by atoms with Gasteiger partial charge in [0.25, 0.3) is 0 Å². The standard InChI is InChI=1S/C27H35N3O2/c1-28(2)21-27(32)29(3)25(20-23-12-8-5-9-13-23)24-16-18-30(19-17-24)26(31)15-14-22-10-6-4-7-11-22/h4-15,24-25H,16-21H2,1-3H3/b15-14+/t25-/m1/s1. The van der Waals surface area contributed by atoms with E-state index in [-0.39, 0.29) is 17.9 Å². The van der Waals surface area contributed by atoms with Gasteiger partial charge in [-0.3, -0.25) is 9.59 Å². The van der Waals surface area contributed by atoms with Crippen LogP contribution >= 0.6 is 0 Å². The van der Waals surface area contributed by atoms with E-state index in [1.807, 2.05) is 90.4 Å². The van der Waals surface area contributed by atoms with Crippen molar-refractivity contribution in [2.24, 2.45) is 5.92 Å². The predicted octanol–water partition coefficient (Wildman–Crippen LogP) is 3.57. The first-order valence-corrected chi connectivity index (χ1v) is 11.4. The van der Waals surface area contributed by atoms with Crippen LogP contribution in [-0.2, 0) is 16.0 Å². The number of likely N-dealkylation sites (tertiary alicyclic amines) is 1. The van der Waals surface area contributed by atoms with Crippen LogP contribution in [0.1, 0.15) is 24.0 Å². The number of piperidine rings is 1. The highest BCUT2D eigenvalue weighted by Gasteiger charge is 2.32. The molecular weight excluding hydrogens is 398 g/mol. The first kappa shape index (κ1) is 23.7. The Hall–Kier alpha value is -2.92. The quantitative estimate of drug-likeness (QED) is 0.598. The molecule has 0 saturated carbocycles. The van der Waals surface area contributed by atoms with Gasteiger partial charge in [0.15, 0.2) is 0 Å². The molecular formula is C27H35N3O2. The Labute approximate surface area is 192 Å². The van der Waals surface area contributed by atoms with Crippen LogP contribution in [0.2, 0.25) is 0 Å². The molecule has 0 N–H and O–H groups in total. The van der Waals surface area contributed by atoms with Gasteiger partial charge in [0.2, 0.25) is 11.8 Å². The fourth-order valence-electron chi connectivity index (χ4n) is 4.38. The molecule has 3 rings (SSSR count). The van der Waals surface area contributed by atoms with Crippen molar-refractivity contribution in [1.29, 1.82) is 0 Å². The molecule has 1 aliphatic heterocycles. The number of carbonyl (C=O) groups excluding carboxylic acids is 2. The van der Waals surface area contributed by atoms with Gasteiger partial charge in [0.1, 0.15) is 0 Å². The SMILES string of the molecule is CN(C)CC(=O)N(C)[C@H](Cc1ccccc1)C1CCN(C(=O)/C=C/c2ccccc2)CC1. The first-order valence-electron chi connectivity index (χ1n) is 11.4. The molecule has 0 aromatic heterocycles. The van der Waals surface area contributed by atoms with E-state index in [0.29, 0.717) is 12.5 Å². The van der Waals surface area contributed by atoms with Crippen molar-refractivity contribution in [1.82, 2.24) is 14.7 Å². The number of carbonyl (C=O) groups is 2. The fraction of sp³-hybridized carbons (Fsp3) is 0.407. The van der Waals surface area contributed by atoms with Gasteiger partial charge in [-0.1, -0.05) is 60.7 Å². The lowest BCUT2D eigenvalue weighted by Crippen LogP contribution is -2.50. The summed E-state index contributed by atoms with van der Waals surface area (Å²) in [6.45, 7) is 1.86. The van der Waals surface area contributed by atoms with E-state index < -0.39 is 0 Å². The Kier molecular flexibility index (Phi) is 8.63. The molecule has 1 fully saturated rings. The van der Waals surface area contributed by atoms with Crippen LogP contribution in [-0.4, -0.2) is 73.3 Å². The van der Waals surface area contributed by atoms with Crippen molar-refractivity contribution in [2.75, 3.05) is 40.8 Å². The van der Waals surface area contributed by atoms with Gasteiger partial charge in [-0.15, -0.1) is 0 Å². The summed E-state index contributed by atoms with van der Waals surface area (Å²) < 4.78 is 0. The molecule has 0 bridgehead atoms. The second-order valence-electron chi connectivity index (χ2n) is 8.91. The highest BCUT2D eigenvalue weighted by Crippen LogP contribution is 2.27. The molecule has 2 amide bonds. The molecule has 1 saturated heterocycles. The summed E-state index contributed by atoms with van der Waals surface area (Å²) in [6, 6.07) is 20.4. The Morgan fingerprint density at radius 2 is 1.56 bits per heavy atom. The summed E-state index contributed by atoms with van der Waals surface area (Å²) in [6.07, 6.45) is 6.19. The zero-order valence-corrected chi connectivity index (χ0v) is 19.5. The minimum absolute atomic E-state index is 0.0592. The molecule has 5 heteroatoms. The van der Waals surface area contributed by atoms with Crippen molar-refractivity contribution >= 4 is 17.9 Å². The first-order chi connectivity index (χ1) is 15.4. The monoisotopic (exact) mass is 433 g/mol. The van der Waals surface area contributed by atoms with Crippen LogP contribution in [0.3, 0.4) is 0 Å². The molecule has 1 atom stereocenters. The number of benzene rings is 2. The van der Waals surface area contributed by atoms with Crippen molar-refractivity contribution in [3.63, 3.8) is 0 Å². The second-order valence-corrected chi connectivity index (χ2v) is 8.91. The number of hydrogen-bond donors (Lipinski definition) is 0. The second kappa shape index (κ2) is 11.6. The molecule has 0 radical (unpaired) electrons. The average Bonchev–Trinajstić information content (AvgIpc) is 2.81. The molecule has 0 spiro atoms. The van der Waals surface area contributed by atoms with Crippen LogP contribution in [0.5, 0.6) is 0 Å². The third-order valence-corrected chi connectivity index (χ3v) is 6.24. The van der Waals surface area contributed by atoms with Crippen molar-refractivity contribution < 1.29 is 9.59 Å². The highest BCUT2D eigenvalue weighted by atomic mass is 16.2. The zero-order valence-electron chi connectivity index (χ0n) is 19.5. The van der Waals surface area contributed by atoms with E-state index in [9.17, 15) is 9.59 Å². The van der Waals surface area contributed by atoms with Crippen LogP contribution in [0.4, 0.5) is 0 Å². The lowest BCUT2D eigenvalue weighted by Gasteiger charge is -2.40. The minimum Gasteiger partial charge on any atom is -0.341 e. The number of rotatable bonds is 8. The lowest BCUT2D eigenvalue weighted by atomic mass is 9.85. The Morgan fingerprint density at radius 3 is 2.16 bits per heavy atom. The smallest absolute Gasteiger partial charge is 0.246 e. The van der Waals surface area contributed by atoms with Gasteiger partial charge in [-0.2, -0.15) is 0 Å². The third kappa shape index (κ3) is 6.79. The predicted molar refractivity (Wildman–Crippen MR) is 130 cm³/mol. The Morgan fingerprint density at radius 1 is 0.969 bits per heavy atom. The van der Waals surface area contributed by atoms with Crippen molar-refractivity contribution in [2.45, 2.75) is 25.3 Å². The average molecular weight is 434 g/mol. The van der Waals surface area contributed by atoms with E-state index >= 15 is 0 Å². The number of nitrogens with zero attached hydrogens (tertiary/aromatic N) is 3. The highest BCUT2D eigenvalue weighted by molar-refractivity contribution is 5.91. The normalized spacial score (nSPS) is 15.8. The molecule has 0 unspecified atom stereocenters. The van der Waals surface area contributed by atoms with Gasteiger partial charge in [-0.05, 0) is 56.5 Å². The van der Waals surface area contributed by atoms with Gasteiger partial charge < -0.3 is 14.7 Å². The molecule has 1 aliphatic rings. The van der Waals surface area contributed by atoms with E-state index in [2.05, 4.69) is 12.1 Å². The van der Waals surface area contributed by atoms with E-state index in [1.54, 1.807) is 6.08 Å². The lowest BCUT2D eigenvalue weighted by molar-refractivity contribution is -0.135. The van der Waals surface area contributed by atoms with Crippen LogP contribution in [0, 0.1) is 5.92 Å². The maximum absolute atomic E-state index is 12.8. The van der Waals surface area contributed by atoms with Gasteiger partial charge in [-0.25, -0.2) is 0 Å². The maximum Gasteiger partial charge on any atom is 0.246 e. The van der Waals surface area contributed by atoms with Gasteiger partial charge in [0, 0.05) is 32.3 Å². The summed E-state index contributed by atoms with van der Waals surface area (Å²) in [4.78, 5) is 31.3. The van der Waals surface area contributed by atoms with E-state index in [0.717, 1.165) is 37.9 Å². The molecule has 32 heavy (non-hydrogen) atoms. The minimum atomic E-state index is 0.0592. The van der Waals surface area contributed by atoms with Gasteiger partial charge >= 0.3 is 0 Å². The number of likely N-dealkylation sites (N-methyl/N-ethyl adjacent to an activating group) is 2. The topological polar surface area (TPSA) is 43.9 Å². The number of hydrogen-bond acceptors (Lipinski definition) is 3. The Bertz CT molecular complexity index is 888. The molecule has 5 nitrogen and oxygen atoms in total. The number of amides is 2. The summed E-state index contributed by atoms with van der Waals surface area (Å²) in [5, 5.41) is 0. The van der Waals surface area contributed by atoms with Crippen LogP contribution in [0.15, 0.2) is 66.7 Å². The van der Waals surface area contributed by atoms with E-state index in [1.165, 1.54) is 5.56 Å². The van der Waals surface area contributed by atoms with Gasteiger partial charge in [0.05, 0.1) is 6.54 Å². The Balaban J connectivity index is 1.64. The van der Waals surface area contributed by atoms with Crippen molar-refractivity contribution in [3.8, 4) is 0 Å². The molecule has 2 aromatic carbocycles.